The Balaban J connectivity index is 3.12. The minimum Gasteiger partial charge on any atom is -0.493 e. The van der Waals surface area contributed by atoms with Gasteiger partial charge < -0.3 is 15.2 Å². The normalized spacial score (nSPS) is 11.6. The predicted molar refractivity (Wildman–Crippen MR) is 56.7 cm³/mol. The number of nitrogens with zero attached hydrogens (tertiary/aromatic N) is 1. The number of rotatable bonds is 4. The van der Waals surface area contributed by atoms with E-state index in [2.05, 4.69) is 0 Å². The second-order valence-corrected chi connectivity index (χ2v) is 3.05. The molecule has 4 nitrogen and oxygen atoms in total. The van der Waals surface area contributed by atoms with Crippen molar-refractivity contribution in [3.05, 3.63) is 23.8 Å². The van der Waals surface area contributed by atoms with Crippen molar-refractivity contribution in [2.24, 2.45) is 5.73 Å². The van der Waals surface area contributed by atoms with Gasteiger partial charge in [-0.25, -0.2) is 0 Å². The zero-order valence-corrected chi connectivity index (χ0v) is 8.86. The second kappa shape index (κ2) is 5.23. The second-order valence-electron chi connectivity index (χ2n) is 3.05. The van der Waals surface area contributed by atoms with Gasteiger partial charge in [0.15, 0.2) is 11.5 Å². The van der Waals surface area contributed by atoms with Crippen LogP contribution < -0.4 is 15.2 Å². The van der Waals surface area contributed by atoms with Crippen molar-refractivity contribution in [2.45, 2.75) is 12.5 Å². The highest BCUT2D eigenvalue weighted by Crippen LogP contribution is 2.34. The molecule has 1 aromatic rings. The van der Waals surface area contributed by atoms with E-state index in [9.17, 15) is 0 Å². The van der Waals surface area contributed by atoms with Crippen LogP contribution in [0.3, 0.4) is 0 Å². The first kappa shape index (κ1) is 11.3. The van der Waals surface area contributed by atoms with Gasteiger partial charge in [0.05, 0.1) is 26.7 Å². The Bertz CT molecular complexity index is 371. The average Bonchev–Trinajstić information content (AvgIpc) is 2.28. The maximum Gasteiger partial charge on any atom is 0.165 e. The van der Waals surface area contributed by atoms with Crippen LogP contribution in [0.2, 0.25) is 0 Å². The first-order valence-electron chi connectivity index (χ1n) is 4.58. The fourth-order valence-electron chi connectivity index (χ4n) is 1.41. The lowest BCUT2D eigenvalue weighted by Crippen LogP contribution is -2.11. The molecule has 0 unspecified atom stereocenters. The molecule has 1 atom stereocenters. The highest BCUT2D eigenvalue weighted by molar-refractivity contribution is 5.48. The highest BCUT2D eigenvalue weighted by Gasteiger charge is 2.15. The molecule has 15 heavy (non-hydrogen) atoms. The van der Waals surface area contributed by atoms with Gasteiger partial charge in [-0.15, -0.1) is 0 Å². The van der Waals surface area contributed by atoms with Crippen LogP contribution in [-0.2, 0) is 0 Å². The van der Waals surface area contributed by atoms with E-state index in [0.717, 1.165) is 5.56 Å². The maximum atomic E-state index is 8.59. The van der Waals surface area contributed by atoms with Crippen molar-refractivity contribution in [3.8, 4) is 17.6 Å². The first-order chi connectivity index (χ1) is 7.24. The summed E-state index contributed by atoms with van der Waals surface area (Å²) in [5.41, 5.74) is 6.64. The van der Waals surface area contributed by atoms with Crippen LogP contribution in [0.4, 0.5) is 0 Å². The molecular weight excluding hydrogens is 192 g/mol. The van der Waals surface area contributed by atoms with Crippen LogP contribution in [0.1, 0.15) is 18.0 Å². The highest BCUT2D eigenvalue weighted by atomic mass is 16.5. The Morgan fingerprint density at radius 1 is 1.40 bits per heavy atom. The number of methoxy groups -OCH3 is 2. The maximum absolute atomic E-state index is 8.59. The topological polar surface area (TPSA) is 68.3 Å². The zero-order chi connectivity index (χ0) is 11.3. The summed E-state index contributed by atoms with van der Waals surface area (Å²) < 4.78 is 10.4. The van der Waals surface area contributed by atoms with Crippen molar-refractivity contribution in [1.29, 1.82) is 5.26 Å². The summed E-state index contributed by atoms with van der Waals surface area (Å²) in [6.07, 6.45) is 0.253. The molecule has 0 fully saturated rings. The molecule has 0 aliphatic rings. The van der Waals surface area contributed by atoms with E-state index in [1.165, 1.54) is 0 Å². The first-order valence-corrected chi connectivity index (χ1v) is 4.58. The number of hydrogen-bond acceptors (Lipinski definition) is 4. The van der Waals surface area contributed by atoms with Gasteiger partial charge in [0.1, 0.15) is 0 Å². The van der Waals surface area contributed by atoms with Crippen LogP contribution in [0, 0.1) is 11.3 Å². The third-order valence-electron chi connectivity index (χ3n) is 2.14. The fraction of sp³-hybridized carbons (Fsp3) is 0.364. The van der Waals surface area contributed by atoms with Gasteiger partial charge >= 0.3 is 0 Å². The van der Waals surface area contributed by atoms with Crippen molar-refractivity contribution in [1.82, 2.24) is 0 Å². The molecule has 0 aromatic heterocycles. The molecule has 0 bridgehead atoms. The number of ether oxygens (including phenoxy) is 2. The van der Waals surface area contributed by atoms with Gasteiger partial charge in [0.25, 0.3) is 0 Å². The van der Waals surface area contributed by atoms with Crippen LogP contribution in [0.5, 0.6) is 11.5 Å². The molecule has 2 N–H and O–H groups in total. The SMILES string of the molecule is COc1cccc([C@@H](N)CC#N)c1OC. The Labute approximate surface area is 89.2 Å². The van der Waals surface area contributed by atoms with E-state index in [1.54, 1.807) is 20.3 Å². The molecule has 0 aliphatic heterocycles. The van der Waals surface area contributed by atoms with Crippen LogP contribution >= 0.6 is 0 Å². The fourth-order valence-corrected chi connectivity index (χ4v) is 1.41. The van der Waals surface area contributed by atoms with Crippen LogP contribution in [0.25, 0.3) is 0 Å². The molecule has 4 heteroatoms. The minimum absolute atomic E-state index is 0.253. The molecule has 1 aromatic carbocycles. The van der Waals surface area contributed by atoms with E-state index in [1.807, 2.05) is 18.2 Å². The van der Waals surface area contributed by atoms with Gasteiger partial charge in [-0.2, -0.15) is 5.26 Å². The largest absolute Gasteiger partial charge is 0.493 e. The van der Waals surface area contributed by atoms with Crippen molar-refractivity contribution in [2.75, 3.05) is 14.2 Å². The molecule has 0 amide bonds. The molecular formula is C11H14N2O2. The van der Waals surface area contributed by atoms with E-state index >= 15 is 0 Å². The molecule has 0 radical (unpaired) electrons. The van der Waals surface area contributed by atoms with Gasteiger partial charge in [-0.05, 0) is 6.07 Å². The van der Waals surface area contributed by atoms with Crippen molar-refractivity contribution >= 4 is 0 Å². The van der Waals surface area contributed by atoms with Crippen LogP contribution in [-0.4, -0.2) is 14.2 Å². The summed E-state index contributed by atoms with van der Waals surface area (Å²) in [7, 11) is 3.12. The molecule has 0 heterocycles. The third kappa shape index (κ3) is 2.39. The lowest BCUT2D eigenvalue weighted by atomic mass is 10.0. The summed E-state index contributed by atoms with van der Waals surface area (Å²) in [6.45, 7) is 0. The number of nitriles is 1. The minimum atomic E-state index is -0.347. The van der Waals surface area contributed by atoms with Crippen LogP contribution in [0.15, 0.2) is 18.2 Å². The molecule has 0 saturated carbocycles. The van der Waals surface area contributed by atoms with Crippen molar-refractivity contribution in [3.63, 3.8) is 0 Å². The van der Waals surface area contributed by atoms with Gasteiger partial charge in [0, 0.05) is 11.6 Å². The summed E-state index contributed by atoms with van der Waals surface area (Å²) in [5, 5.41) is 8.59. The smallest absolute Gasteiger partial charge is 0.165 e. The summed E-state index contributed by atoms with van der Waals surface area (Å²) >= 11 is 0. The summed E-state index contributed by atoms with van der Waals surface area (Å²) in [6, 6.07) is 7.14. The van der Waals surface area contributed by atoms with Gasteiger partial charge in [-0.3, -0.25) is 0 Å². The summed E-state index contributed by atoms with van der Waals surface area (Å²) in [4.78, 5) is 0. The Morgan fingerprint density at radius 2 is 2.13 bits per heavy atom. The zero-order valence-electron chi connectivity index (χ0n) is 8.86. The lowest BCUT2D eigenvalue weighted by Gasteiger charge is -2.15. The monoisotopic (exact) mass is 206 g/mol. The van der Waals surface area contributed by atoms with Gasteiger partial charge in [-0.1, -0.05) is 12.1 Å². The molecule has 0 spiro atoms. The van der Waals surface area contributed by atoms with E-state index in [4.69, 9.17) is 20.5 Å². The quantitative estimate of drug-likeness (QED) is 0.812. The summed E-state index contributed by atoms with van der Waals surface area (Å²) in [5.74, 6) is 1.23. The Hall–Kier alpha value is -1.73. The molecule has 80 valence electrons. The Kier molecular flexibility index (Phi) is 3.95. The number of hydrogen-bond donors (Lipinski definition) is 1. The molecule has 1 rings (SSSR count). The third-order valence-corrected chi connectivity index (χ3v) is 2.14. The molecule has 0 aliphatic carbocycles. The van der Waals surface area contributed by atoms with E-state index < -0.39 is 0 Å². The average molecular weight is 206 g/mol. The Morgan fingerprint density at radius 3 is 2.67 bits per heavy atom. The predicted octanol–water partition coefficient (Wildman–Crippen LogP) is 1.62. The van der Waals surface area contributed by atoms with E-state index in [0.29, 0.717) is 11.5 Å². The lowest BCUT2D eigenvalue weighted by molar-refractivity contribution is 0.349. The number of nitrogens with two attached hydrogens (primary N) is 1. The van der Waals surface area contributed by atoms with E-state index in [-0.39, 0.29) is 12.5 Å². The number of para-hydroxylation sites is 1. The number of benzene rings is 1. The molecule has 0 saturated heterocycles. The standard InChI is InChI=1S/C11H14N2O2/c1-14-10-5-3-4-8(11(10)15-2)9(13)6-7-12/h3-5,9H,6,13H2,1-2H3/t9-/m0/s1. The van der Waals surface area contributed by atoms with Gasteiger partial charge in [0.2, 0.25) is 0 Å². The van der Waals surface area contributed by atoms with Crippen molar-refractivity contribution < 1.29 is 9.47 Å².